The van der Waals surface area contributed by atoms with E-state index < -0.39 is 0 Å². The molecule has 1 unspecified atom stereocenters. The monoisotopic (exact) mass is 582 g/mol. The molecule has 11 heteroatoms. The van der Waals surface area contributed by atoms with E-state index in [0.717, 1.165) is 46.8 Å². The Balaban J connectivity index is 1.50. The molecule has 1 N–H and O–H groups in total. The first-order valence-corrected chi connectivity index (χ1v) is 14.2. The van der Waals surface area contributed by atoms with Gasteiger partial charge in [-0.1, -0.05) is 12.1 Å². The van der Waals surface area contributed by atoms with E-state index in [1.165, 1.54) is 0 Å². The van der Waals surface area contributed by atoms with Crippen LogP contribution in [0.5, 0.6) is 11.5 Å². The van der Waals surface area contributed by atoms with Crippen LogP contribution >= 0.6 is 0 Å². The molecule has 11 nitrogen and oxygen atoms in total. The summed E-state index contributed by atoms with van der Waals surface area (Å²) >= 11 is 0. The van der Waals surface area contributed by atoms with Crippen LogP contribution < -0.4 is 24.6 Å². The van der Waals surface area contributed by atoms with Crippen LogP contribution in [-0.2, 0) is 4.79 Å². The normalized spacial score (nSPS) is 15.0. The molecule has 0 spiro atoms. The van der Waals surface area contributed by atoms with Crippen molar-refractivity contribution >= 4 is 40.6 Å². The maximum Gasteiger partial charge on any atom is 0.234 e. The molecule has 1 aliphatic heterocycles. The molecule has 0 aliphatic carbocycles. The topological polar surface area (TPSA) is 109 Å². The van der Waals surface area contributed by atoms with E-state index in [1.807, 2.05) is 98.7 Å². The summed E-state index contributed by atoms with van der Waals surface area (Å²) in [5.74, 6) is 3.97. The molecule has 1 fully saturated rings. The Kier molecular flexibility index (Phi) is 9.01. The van der Waals surface area contributed by atoms with E-state index in [1.54, 1.807) is 14.2 Å². The fourth-order valence-corrected chi connectivity index (χ4v) is 5.12. The third-order valence-corrected chi connectivity index (χ3v) is 7.15. The Morgan fingerprint density at radius 1 is 0.953 bits per heavy atom. The highest BCUT2D eigenvalue weighted by atomic mass is 16.5. The van der Waals surface area contributed by atoms with Gasteiger partial charge in [-0.2, -0.15) is 0 Å². The lowest BCUT2D eigenvalue weighted by atomic mass is 10.1. The number of hydrogen-bond acceptors (Lipinski definition) is 10. The second kappa shape index (κ2) is 13.0. The van der Waals surface area contributed by atoms with E-state index in [2.05, 4.69) is 10.2 Å². The second-order valence-electron chi connectivity index (χ2n) is 10.9. The zero-order valence-corrected chi connectivity index (χ0v) is 25.5. The van der Waals surface area contributed by atoms with Gasteiger partial charge in [0, 0.05) is 50.2 Å². The molecule has 224 valence electrons. The van der Waals surface area contributed by atoms with E-state index >= 15 is 0 Å². The number of methoxy groups -OCH3 is 2. The summed E-state index contributed by atoms with van der Waals surface area (Å²) in [5.41, 5.74) is 2.46. The molecule has 5 rings (SSSR count). The number of hydrogen-bond donors (Lipinski definition) is 1. The number of fused-ring (bicyclic) bond motifs is 1. The van der Waals surface area contributed by atoms with E-state index in [4.69, 9.17) is 29.4 Å². The largest absolute Gasteiger partial charge is 0.493 e. The molecule has 4 aromatic rings. The Hall–Kier alpha value is -4.77. The molecule has 0 radical (unpaired) electrons. The lowest BCUT2D eigenvalue weighted by molar-refractivity contribution is -0.122. The number of carbonyl (C=O) groups is 1. The van der Waals surface area contributed by atoms with Crippen molar-refractivity contribution in [1.29, 1.82) is 0 Å². The fraction of sp³-hybridized carbons (Fsp3) is 0.344. The number of likely N-dealkylation sites (N-methyl/N-ethyl adjacent to an activating group) is 1. The summed E-state index contributed by atoms with van der Waals surface area (Å²) in [4.78, 5) is 37.7. The van der Waals surface area contributed by atoms with Crippen LogP contribution in [0, 0.1) is 0 Å². The van der Waals surface area contributed by atoms with E-state index in [9.17, 15) is 4.79 Å². The predicted octanol–water partition coefficient (Wildman–Crippen LogP) is 3.60. The molecule has 2 aromatic heterocycles. The van der Waals surface area contributed by atoms with Crippen molar-refractivity contribution < 1.29 is 14.3 Å². The first-order valence-electron chi connectivity index (χ1n) is 14.2. The Labute approximate surface area is 252 Å². The molecule has 1 atom stereocenters. The molecule has 0 bridgehead atoms. The van der Waals surface area contributed by atoms with Crippen molar-refractivity contribution in [2.24, 2.45) is 0 Å². The van der Waals surface area contributed by atoms with Gasteiger partial charge in [0.15, 0.2) is 23.1 Å². The second-order valence-corrected chi connectivity index (χ2v) is 10.9. The Morgan fingerprint density at radius 2 is 1.70 bits per heavy atom. The Morgan fingerprint density at radius 3 is 2.42 bits per heavy atom. The van der Waals surface area contributed by atoms with E-state index in [-0.39, 0.29) is 11.9 Å². The van der Waals surface area contributed by atoms with Gasteiger partial charge in [-0.05, 0) is 63.0 Å². The molecule has 3 heterocycles. The number of nitrogens with one attached hydrogen (secondary N) is 1. The molecule has 0 saturated carbocycles. The zero-order chi connectivity index (χ0) is 30.5. The van der Waals surface area contributed by atoms with Gasteiger partial charge in [-0.15, -0.1) is 0 Å². The van der Waals surface area contributed by atoms with Gasteiger partial charge in [-0.25, -0.2) is 19.9 Å². The van der Waals surface area contributed by atoms with Crippen LogP contribution in [0.2, 0.25) is 0 Å². The van der Waals surface area contributed by atoms with Crippen LogP contribution in [0.1, 0.15) is 18.1 Å². The van der Waals surface area contributed by atoms with Crippen LogP contribution in [0.25, 0.3) is 34.3 Å². The van der Waals surface area contributed by atoms with Crippen LogP contribution in [0.15, 0.2) is 48.5 Å². The van der Waals surface area contributed by atoms with Crippen LogP contribution in [-0.4, -0.2) is 98.8 Å². The minimum absolute atomic E-state index is 0.0154. The molecule has 1 saturated heterocycles. The average Bonchev–Trinajstić information content (AvgIpc) is 3.46. The lowest BCUT2D eigenvalue weighted by Gasteiger charge is -2.20. The number of benzene rings is 2. The number of anilines is 2. The van der Waals surface area contributed by atoms with Gasteiger partial charge >= 0.3 is 0 Å². The van der Waals surface area contributed by atoms with Gasteiger partial charge < -0.3 is 29.5 Å². The van der Waals surface area contributed by atoms with Gasteiger partial charge in [0.05, 0.1) is 32.0 Å². The number of rotatable bonds is 10. The number of amides is 1. The summed E-state index contributed by atoms with van der Waals surface area (Å²) in [6, 6.07) is 15.7. The van der Waals surface area contributed by atoms with Crippen molar-refractivity contribution in [2.45, 2.75) is 12.5 Å². The standard InChI is InChI=1S/C32H38N8O3/c1-38(2)20-31(41)33-22-15-16-40(19-22)30-18-25(21-11-12-26(42-5)27(17-21)43-6)35-28(36-30)13-14-29-34-24-10-8-7-9-23(24)32(37-29)39(3)4/h7-14,17-18,22H,15-16,19-20H2,1-6H3,(H,33,41)/b14-13+. The predicted molar refractivity (Wildman–Crippen MR) is 171 cm³/mol. The first kappa shape index (κ1) is 29.7. The minimum Gasteiger partial charge on any atom is -0.493 e. The smallest absolute Gasteiger partial charge is 0.234 e. The van der Waals surface area contributed by atoms with Crippen molar-refractivity contribution in [3.8, 4) is 22.8 Å². The molecule has 43 heavy (non-hydrogen) atoms. The average molecular weight is 583 g/mol. The zero-order valence-electron chi connectivity index (χ0n) is 25.5. The number of para-hydroxylation sites is 1. The highest BCUT2D eigenvalue weighted by Gasteiger charge is 2.26. The highest BCUT2D eigenvalue weighted by Crippen LogP contribution is 2.33. The molecule has 1 aliphatic rings. The third kappa shape index (κ3) is 7.00. The Bertz CT molecular complexity index is 1640. The molecule has 2 aromatic carbocycles. The minimum atomic E-state index is 0.0154. The number of ether oxygens (including phenoxy) is 2. The molecular weight excluding hydrogens is 544 g/mol. The SMILES string of the molecule is COc1ccc(-c2cc(N3CCC(NC(=O)CN(C)C)C3)nc(/C=C/c3nc(N(C)C)c4ccccc4n3)n2)cc1OC. The quantitative estimate of drug-likeness (QED) is 0.298. The summed E-state index contributed by atoms with van der Waals surface area (Å²) < 4.78 is 11.0. The summed E-state index contributed by atoms with van der Waals surface area (Å²) in [7, 11) is 10.9. The van der Waals surface area contributed by atoms with Crippen molar-refractivity contribution in [3.05, 3.63) is 60.2 Å². The van der Waals surface area contributed by atoms with Crippen LogP contribution in [0.3, 0.4) is 0 Å². The molecular formula is C32H38N8O3. The maximum absolute atomic E-state index is 12.4. The summed E-state index contributed by atoms with van der Waals surface area (Å²) in [5, 5.41) is 4.13. The fourth-order valence-electron chi connectivity index (χ4n) is 5.12. The van der Waals surface area contributed by atoms with Gasteiger partial charge in [0.25, 0.3) is 0 Å². The summed E-state index contributed by atoms with van der Waals surface area (Å²) in [6.45, 7) is 1.78. The van der Waals surface area contributed by atoms with Crippen molar-refractivity contribution in [3.63, 3.8) is 0 Å². The van der Waals surface area contributed by atoms with Gasteiger partial charge in [0.2, 0.25) is 5.91 Å². The van der Waals surface area contributed by atoms with Crippen molar-refractivity contribution in [2.75, 3.05) is 71.8 Å². The summed E-state index contributed by atoms with van der Waals surface area (Å²) in [6.07, 6.45) is 4.51. The van der Waals surface area contributed by atoms with Crippen LogP contribution in [0.4, 0.5) is 11.6 Å². The number of carbonyl (C=O) groups excluding carboxylic acids is 1. The molecule has 1 amide bonds. The van der Waals surface area contributed by atoms with Gasteiger partial charge in [0.1, 0.15) is 11.6 Å². The maximum atomic E-state index is 12.4. The number of aromatic nitrogens is 4. The lowest BCUT2D eigenvalue weighted by Crippen LogP contribution is -2.41. The van der Waals surface area contributed by atoms with E-state index in [0.29, 0.717) is 36.2 Å². The first-order chi connectivity index (χ1) is 20.7. The van der Waals surface area contributed by atoms with Gasteiger partial charge in [-0.3, -0.25) is 4.79 Å². The third-order valence-electron chi connectivity index (χ3n) is 7.15. The van der Waals surface area contributed by atoms with Crippen molar-refractivity contribution in [1.82, 2.24) is 30.2 Å². The highest BCUT2D eigenvalue weighted by molar-refractivity contribution is 5.90. The number of nitrogens with zero attached hydrogens (tertiary/aromatic N) is 7.